The predicted molar refractivity (Wildman–Crippen MR) is 102 cm³/mol. The van der Waals surface area contributed by atoms with Crippen molar-refractivity contribution in [1.82, 2.24) is 9.97 Å². The molecule has 0 amide bonds. The van der Waals surface area contributed by atoms with E-state index in [2.05, 4.69) is 20.6 Å². The first-order chi connectivity index (χ1) is 12.0. The van der Waals surface area contributed by atoms with Gasteiger partial charge in [-0.2, -0.15) is 4.98 Å². The topological polar surface area (TPSA) is 107 Å². The van der Waals surface area contributed by atoms with Crippen LogP contribution in [0.5, 0.6) is 5.75 Å². The molecule has 3 aromatic rings. The molecule has 1 aromatic heterocycles. The highest BCUT2D eigenvalue weighted by atomic mass is 35.5. The molecule has 134 valence electrons. The minimum absolute atomic E-state index is 0. The molecule has 7 nitrogen and oxygen atoms in total. The van der Waals surface area contributed by atoms with Gasteiger partial charge in [0.05, 0.1) is 10.7 Å². The van der Waals surface area contributed by atoms with Crippen LogP contribution >= 0.6 is 24.0 Å². The fourth-order valence-corrected chi connectivity index (χ4v) is 2.29. The van der Waals surface area contributed by atoms with Gasteiger partial charge < -0.3 is 20.8 Å². The molecular formula is C17H14Cl2N4O3. The molecule has 0 saturated heterocycles. The van der Waals surface area contributed by atoms with E-state index in [-0.39, 0.29) is 29.7 Å². The number of nitrogens with zero attached hydrogens (tertiary/aromatic N) is 2. The predicted octanol–water partition coefficient (Wildman–Crippen LogP) is 4.44. The Hall–Kier alpha value is -3.03. The summed E-state index contributed by atoms with van der Waals surface area (Å²) in [4.78, 5) is 19.3. The molecule has 0 radical (unpaired) electrons. The van der Waals surface area contributed by atoms with Gasteiger partial charge in [0, 0.05) is 18.0 Å². The summed E-state index contributed by atoms with van der Waals surface area (Å²) in [6.07, 6.45) is 1.56. The first kappa shape index (κ1) is 19.3. The fourth-order valence-electron chi connectivity index (χ4n) is 2.11. The van der Waals surface area contributed by atoms with E-state index in [1.165, 1.54) is 18.2 Å². The van der Waals surface area contributed by atoms with E-state index in [0.717, 1.165) is 0 Å². The fraction of sp³-hybridized carbons (Fsp3) is 0. The van der Waals surface area contributed by atoms with E-state index < -0.39 is 5.97 Å². The molecule has 0 fully saturated rings. The van der Waals surface area contributed by atoms with Crippen molar-refractivity contribution in [2.45, 2.75) is 0 Å². The average Bonchev–Trinajstić information content (AvgIpc) is 2.57. The summed E-state index contributed by atoms with van der Waals surface area (Å²) >= 11 is 6.10. The zero-order valence-corrected chi connectivity index (χ0v) is 14.8. The lowest BCUT2D eigenvalue weighted by Crippen LogP contribution is -2.01. The number of phenols is 1. The Balaban J connectivity index is 0.00000243. The third kappa shape index (κ3) is 4.53. The van der Waals surface area contributed by atoms with Crippen LogP contribution in [0.3, 0.4) is 0 Å². The lowest BCUT2D eigenvalue weighted by atomic mass is 10.2. The quantitative estimate of drug-likeness (QED) is 0.508. The van der Waals surface area contributed by atoms with Crippen LogP contribution in [0.15, 0.2) is 54.7 Å². The largest absolute Gasteiger partial charge is 0.507 e. The second kappa shape index (κ2) is 8.37. The number of carbonyl (C=O) groups is 1. The summed E-state index contributed by atoms with van der Waals surface area (Å²) < 4.78 is 0. The van der Waals surface area contributed by atoms with Gasteiger partial charge >= 0.3 is 5.97 Å². The number of aromatic hydroxyl groups is 1. The van der Waals surface area contributed by atoms with Crippen molar-refractivity contribution < 1.29 is 15.0 Å². The second-order valence-corrected chi connectivity index (χ2v) is 5.44. The van der Waals surface area contributed by atoms with Crippen LogP contribution in [0.2, 0.25) is 5.02 Å². The summed E-state index contributed by atoms with van der Waals surface area (Å²) in [7, 11) is 0. The van der Waals surface area contributed by atoms with E-state index in [9.17, 15) is 9.90 Å². The van der Waals surface area contributed by atoms with Crippen LogP contribution in [-0.2, 0) is 0 Å². The highest BCUT2D eigenvalue weighted by Gasteiger charge is 2.10. The molecule has 0 aliphatic heterocycles. The van der Waals surface area contributed by atoms with Crippen LogP contribution < -0.4 is 10.6 Å². The third-order valence-electron chi connectivity index (χ3n) is 3.28. The first-order valence-corrected chi connectivity index (χ1v) is 7.58. The summed E-state index contributed by atoms with van der Waals surface area (Å²) in [5.74, 6) is -0.745. The van der Waals surface area contributed by atoms with Gasteiger partial charge in [0.15, 0.2) is 0 Å². The number of carboxylic acids is 1. The molecule has 0 aliphatic carbocycles. The second-order valence-electron chi connectivity index (χ2n) is 5.03. The lowest BCUT2D eigenvalue weighted by Gasteiger charge is -2.10. The van der Waals surface area contributed by atoms with Crippen molar-refractivity contribution in [3.63, 3.8) is 0 Å². The molecule has 4 N–H and O–H groups in total. The van der Waals surface area contributed by atoms with Gasteiger partial charge in [0.1, 0.15) is 17.1 Å². The molecule has 0 atom stereocenters. The highest BCUT2D eigenvalue weighted by Crippen LogP contribution is 2.26. The van der Waals surface area contributed by atoms with Crippen molar-refractivity contribution in [1.29, 1.82) is 0 Å². The number of para-hydroxylation sites is 1. The van der Waals surface area contributed by atoms with E-state index in [1.54, 1.807) is 18.3 Å². The third-order valence-corrected chi connectivity index (χ3v) is 3.61. The number of hydrogen-bond donors (Lipinski definition) is 4. The number of aromatic carboxylic acids is 1. The van der Waals surface area contributed by atoms with Gasteiger partial charge in [-0.3, -0.25) is 0 Å². The molecule has 0 saturated carbocycles. The minimum Gasteiger partial charge on any atom is -0.507 e. The molecular weight excluding hydrogens is 379 g/mol. The van der Waals surface area contributed by atoms with Crippen LogP contribution in [0.25, 0.3) is 0 Å². The molecule has 2 aromatic carbocycles. The molecule has 0 spiro atoms. The first-order valence-electron chi connectivity index (χ1n) is 7.21. The number of anilines is 4. The summed E-state index contributed by atoms with van der Waals surface area (Å²) in [5, 5.41) is 25.2. The maximum absolute atomic E-state index is 10.9. The minimum atomic E-state index is -1.20. The molecule has 0 aliphatic rings. The Kier molecular flexibility index (Phi) is 6.21. The van der Waals surface area contributed by atoms with Crippen molar-refractivity contribution in [2.24, 2.45) is 0 Å². The van der Waals surface area contributed by atoms with Crippen molar-refractivity contribution in [3.8, 4) is 5.75 Å². The molecule has 1 heterocycles. The summed E-state index contributed by atoms with van der Waals surface area (Å²) in [5.41, 5.74) is 0.982. The van der Waals surface area contributed by atoms with Crippen molar-refractivity contribution in [2.75, 3.05) is 10.6 Å². The van der Waals surface area contributed by atoms with Gasteiger partial charge in [-0.25, -0.2) is 9.78 Å². The van der Waals surface area contributed by atoms with Gasteiger partial charge in [0.2, 0.25) is 5.95 Å². The average molecular weight is 393 g/mol. The Morgan fingerprint density at radius 3 is 2.54 bits per heavy atom. The normalized spacial score (nSPS) is 9.88. The smallest absolute Gasteiger partial charge is 0.339 e. The maximum atomic E-state index is 10.9. The lowest BCUT2D eigenvalue weighted by molar-refractivity contribution is 0.0694. The summed E-state index contributed by atoms with van der Waals surface area (Å²) in [6.45, 7) is 0. The molecule has 0 bridgehead atoms. The van der Waals surface area contributed by atoms with Crippen LogP contribution in [-0.4, -0.2) is 26.2 Å². The monoisotopic (exact) mass is 392 g/mol. The molecule has 3 rings (SSSR count). The Bertz CT molecular complexity index is 937. The Morgan fingerprint density at radius 1 is 1.08 bits per heavy atom. The van der Waals surface area contributed by atoms with Gasteiger partial charge in [-0.15, -0.1) is 12.4 Å². The number of nitrogens with one attached hydrogen (secondary N) is 2. The Labute approximate surface area is 160 Å². The van der Waals surface area contributed by atoms with E-state index in [0.29, 0.717) is 22.2 Å². The highest BCUT2D eigenvalue weighted by molar-refractivity contribution is 6.33. The van der Waals surface area contributed by atoms with Crippen LogP contribution in [0.1, 0.15) is 10.4 Å². The summed E-state index contributed by atoms with van der Waals surface area (Å²) in [6, 6.07) is 13.0. The maximum Gasteiger partial charge on any atom is 0.339 e. The number of carboxylic acid groups (broad SMARTS) is 1. The zero-order chi connectivity index (χ0) is 17.8. The van der Waals surface area contributed by atoms with Crippen molar-refractivity contribution >= 4 is 53.1 Å². The number of benzene rings is 2. The molecule has 26 heavy (non-hydrogen) atoms. The van der Waals surface area contributed by atoms with Crippen LogP contribution in [0.4, 0.5) is 23.1 Å². The van der Waals surface area contributed by atoms with E-state index in [1.807, 2.05) is 18.2 Å². The number of hydrogen-bond acceptors (Lipinski definition) is 6. The van der Waals surface area contributed by atoms with Gasteiger partial charge in [0.25, 0.3) is 0 Å². The van der Waals surface area contributed by atoms with Crippen molar-refractivity contribution in [3.05, 3.63) is 65.3 Å². The molecule has 0 unspecified atom stereocenters. The Morgan fingerprint density at radius 2 is 1.85 bits per heavy atom. The molecule has 9 heteroatoms. The zero-order valence-electron chi connectivity index (χ0n) is 13.2. The van der Waals surface area contributed by atoms with E-state index >= 15 is 0 Å². The number of halogens is 2. The van der Waals surface area contributed by atoms with Gasteiger partial charge in [-0.1, -0.05) is 23.7 Å². The SMILES string of the molecule is Cl.O=C(O)c1ccc(Nc2nccc(Nc3ccccc3Cl)n2)cc1O. The number of aromatic nitrogens is 2. The van der Waals surface area contributed by atoms with E-state index in [4.69, 9.17) is 16.7 Å². The standard InChI is InChI=1S/C17H13ClN4O3.ClH/c18-12-3-1-2-4-13(12)21-15-7-8-19-17(22-15)20-10-5-6-11(16(24)25)14(23)9-10;/h1-9,23H,(H,24,25)(H2,19,20,21,22);1H. The number of rotatable bonds is 5. The van der Waals surface area contributed by atoms with Gasteiger partial charge in [-0.05, 0) is 30.3 Å². The van der Waals surface area contributed by atoms with Crippen LogP contribution in [0, 0.1) is 0 Å².